The van der Waals surface area contributed by atoms with Crippen molar-refractivity contribution < 1.29 is 9.53 Å². The van der Waals surface area contributed by atoms with Gasteiger partial charge in [0.1, 0.15) is 0 Å². The van der Waals surface area contributed by atoms with E-state index in [4.69, 9.17) is 17.0 Å². The molecule has 0 radical (unpaired) electrons. The third kappa shape index (κ3) is 2.98. The molecular formula is C16H19N3O2S. The van der Waals surface area contributed by atoms with Crippen molar-refractivity contribution in [2.75, 3.05) is 26.3 Å². The maximum Gasteiger partial charge on any atom is 0.254 e. The van der Waals surface area contributed by atoms with E-state index in [1.807, 2.05) is 42.2 Å². The summed E-state index contributed by atoms with van der Waals surface area (Å²) in [5.74, 6) is 0.0390. The van der Waals surface area contributed by atoms with Gasteiger partial charge in [0.05, 0.1) is 24.8 Å². The van der Waals surface area contributed by atoms with Gasteiger partial charge in [0, 0.05) is 18.8 Å². The number of carbonyl (C=O) groups excluding carboxylic acids is 1. The van der Waals surface area contributed by atoms with Gasteiger partial charge in [0.25, 0.3) is 5.91 Å². The van der Waals surface area contributed by atoms with Gasteiger partial charge < -0.3 is 20.3 Å². The molecule has 0 spiro atoms. The molecule has 6 heteroatoms. The fourth-order valence-electron chi connectivity index (χ4n) is 2.81. The Morgan fingerprint density at radius 3 is 2.64 bits per heavy atom. The lowest BCUT2D eigenvalue weighted by atomic mass is 9.94. The molecule has 1 fully saturated rings. The van der Waals surface area contributed by atoms with E-state index in [2.05, 4.69) is 10.6 Å². The predicted octanol–water partition coefficient (Wildman–Crippen LogP) is 1.34. The van der Waals surface area contributed by atoms with Crippen molar-refractivity contribution in [1.29, 1.82) is 0 Å². The fourth-order valence-corrected chi connectivity index (χ4v) is 3.08. The number of nitrogens with zero attached hydrogens (tertiary/aromatic N) is 1. The molecule has 2 N–H and O–H groups in total. The Morgan fingerprint density at radius 1 is 1.27 bits per heavy atom. The topological polar surface area (TPSA) is 53.6 Å². The van der Waals surface area contributed by atoms with Gasteiger partial charge in [-0.05, 0) is 24.7 Å². The first-order valence-corrected chi connectivity index (χ1v) is 7.78. The SMILES string of the molecule is CC1=C(C(=O)N2CCOCC2)C(c2ccccc2)NC(=S)N1. The monoisotopic (exact) mass is 317 g/mol. The number of hydrogen-bond acceptors (Lipinski definition) is 3. The molecule has 1 unspecified atom stereocenters. The van der Waals surface area contributed by atoms with Gasteiger partial charge >= 0.3 is 0 Å². The predicted molar refractivity (Wildman–Crippen MR) is 88.2 cm³/mol. The van der Waals surface area contributed by atoms with Crippen molar-refractivity contribution in [1.82, 2.24) is 15.5 Å². The number of rotatable bonds is 2. The highest BCUT2D eigenvalue weighted by Gasteiger charge is 2.32. The second-order valence-corrected chi connectivity index (χ2v) is 5.79. The molecular weight excluding hydrogens is 298 g/mol. The third-order valence-corrected chi connectivity index (χ3v) is 4.15. The van der Waals surface area contributed by atoms with Crippen molar-refractivity contribution in [3.05, 3.63) is 47.2 Å². The highest BCUT2D eigenvalue weighted by molar-refractivity contribution is 7.80. The summed E-state index contributed by atoms with van der Waals surface area (Å²) in [5, 5.41) is 6.83. The molecule has 2 aliphatic rings. The normalized spacial score (nSPS) is 22.1. The Hall–Kier alpha value is -1.92. The molecule has 0 saturated carbocycles. The summed E-state index contributed by atoms with van der Waals surface area (Å²) in [6, 6.07) is 9.69. The van der Waals surface area contributed by atoms with Crippen LogP contribution in [0.15, 0.2) is 41.6 Å². The molecule has 0 aromatic heterocycles. The van der Waals surface area contributed by atoms with Gasteiger partial charge in [0.15, 0.2) is 5.11 Å². The minimum atomic E-state index is -0.217. The number of benzene rings is 1. The number of thiocarbonyl (C=S) groups is 1. The van der Waals surface area contributed by atoms with Crippen LogP contribution >= 0.6 is 12.2 Å². The van der Waals surface area contributed by atoms with Gasteiger partial charge in [0.2, 0.25) is 0 Å². The average molecular weight is 317 g/mol. The van der Waals surface area contributed by atoms with Crippen molar-refractivity contribution in [3.8, 4) is 0 Å². The van der Waals surface area contributed by atoms with E-state index < -0.39 is 0 Å². The molecule has 22 heavy (non-hydrogen) atoms. The first-order chi connectivity index (χ1) is 10.7. The molecule has 0 aliphatic carbocycles. The van der Waals surface area contributed by atoms with E-state index in [9.17, 15) is 4.79 Å². The summed E-state index contributed by atoms with van der Waals surface area (Å²) in [7, 11) is 0. The van der Waals surface area contributed by atoms with Gasteiger partial charge in [-0.3, -0.25) is 4.79 Å². The van der Waals surface area contributed by atoms with Crippen LogP contribution < -0.4 is 10.6 Å². The Labute approximate surface area is 135 Å². The van der Waals surface area contributed by atoms with Crippen molar-refractivity contribution in [2.45, 2.75) is 13.0 Å². The summed E-state index contributed by atoms with van der Waals surface area (Å²) in [5.41, 5.74) is 2.57. The van der Waals surface area contributed by atoms with Gasteiger partial charge in [-0.15, -0.1) is 0 Å². The van der Waals surface area contributed by atoms with Crippen LogP contribution in [-0.4, -0.2) is 42.2 Å². The second kappa shape index (κ2) is 6.46. The fraction of sp³-hybridized carbons (Fsp3) is 0.375. The molecule has 116 valence electrons. The zero-order valence-corrected chi connectivity index (χ0v) is 13.3. The van der Waals surface area contributed by atoms with E-state index in [0.717, 1.165) is 16.8 Å². The lowest BCUT2D eigenvalue weighted by molar-refractivity contribution is -0.131. The first kappa shape index (κ1) is 15.0. The molecule has 3 rings (SSSR count). The summed E-state index contributed by atoms with van der Waals surface area (Å²) >= 11 is 5.25. The second-order valence-electron chi connectivity index (χ2n) is 5.39. The van der Waals surface area contributed by atoms with E-state index in [-0.39, 0.29) is 11.9 Å². The zero-order valence-electron chi connectivity index (χ0n) is 12.5. The average Bonchev–Trinajstić information content (AvgIpc) is 2.55. The Bertz CT molecular complexity index is 609. The van der Waals surface area contributed by atoms with Gasteiger partial charge in [-0.25, -0.2) is 0 Å². The Morgan fingerprint density at radius 2 is 1.95 bits per heavy atom. The number of ether oxygens (including phenoxy) is 1. The number of morpholine rings is 1. The Balaban J connectivity index is 1.94. The van der Waals surface area contributed by atoms with Gasteiger partial charge in [-0.1, -0.05) is 30.3 Å². The van der Waals surface area contributed by atoms with E-state index >= 15 is 0 Å². The molecule has 1 atom stereocenters. The maximum atomic E-state index is 12.9. The molecule has 2 aliphatic heterocycles. The molecule has 1 aromatic carbocycles. The smallest absolute Gasteiger partial charge is 0.254 e. The van der Waals surface area contributed by atoms with Crippen LogP contribution in [0.5, 0.6) is 0 Å². The van der Waals surface area contributed by atoms with Crippen LogP contribution in [-0.2, 0) is 9.53 Å². The number of amides is 1. The number of nitrogens with one attached hydrogen (secondary N) is 2. The summed E-state index contributed by atoms with van der Waals surface area (Å²) in [6.45, 7) is 4.33. The maximum absolute atomic E-state index is 12.9. The highest BCUT2D eigenvalue weighted by atomic mass is 32.1. The third-order valence-electron chi connectivity index (χ3n) is 3.93. The Kier molecular flexibility index (Phi) is 4.40. The zero-order chi connectivity index (χ0) is 15.5. The molecule has 2 heterocycles. The quantitative estimate of drug-likeness (QED) is 0.806. The van der Waals surface area contributed by atoms with Crippen molar-refractivity contribution in [3.63, 3.8) is 0 Å². The van der Waals surface area contributed by atoms with Crippen LogP contribution in [0.2, 0.25) is 0 Å². The first-order valence-electron chi connectivity index (χ1n) is 7.37. The van der Waals surface area contributed by atoms with Crippen LogP contribution in [0.25, 0.3) is 0 Å². The van der Waals surface area contributed by atoms with Crippen molar-refractivity contribution in [2.24, 2.45) is 0 Å². The van der Waals surface area contributed by atoms with Gasteiger partial charge in [-0.2, -0.15) is 0 Å². The van der Waals surface area contributed by atoms with E-state index in [1.165, 1.54) is 0 Å². The molecule has 1 aromatic rings. The molecule has 0 bridgehead atoms. The standard InChI is InChI=1S/C16H19N3O2S/c1-11-13(15(20)19-7-9-21-10-8-19)14(18-16(22)17-11)12-5-3-2-4-6-12/h2-6,14H,7-10H2,1H3,(H2,17,18,22). The molecule has 1 amide bonds. The minimum Gasteiger partial charge on any atom is -0.378 e. The number of carbonyl (C=O) groups is 1. The van der Waals surface area contributed by atoms with E-state index in [1.54, 1.807) is 0 Å². The highest BCUT2D eigenvalue weighted by Crippen LogP contribution is 2.28. The lowest BCUT2D eigenvalue weighted by Gasteiger charge is -2.34. The van der Waals surface area contributed by atoms with Crippen LogP contribution in [0.1, 0.15) is 18.5 Å². The molecule has 1 saturated heterocycles. The van der Waals surface area contributed by atoms with Crippen molar-refractivity contribution >= 4 is 23.2 Å². The summed E-state index contributed by atoms with van der Waals surface area (Å²) in [6.07, 6.45) is 0. The number of allylic oxidation sites excluding steroid dienone is 1. The van der Waals surface area contributed by atoms with Crippen LogP contribution in [0.4, 0.5) is 0 Å². The summed E-state index contributed by atoms with van der Waals surface area (Å²) in [4.78, 5) is 14.8. The molecule has 5 nitrogen and oxygen atoms in total. The number of hydrogen-bond donors (Lipinski definition) is 2. The summed E-state index contributed by atoms with van der Waals surface area (Å²) < 4.78 is 5.33. The van der Waals surface area contributed by atoms with Crippen LogP contribution in [0, 0.1) is 0 Å². The lowest BCUT2D eigenvalue weighted by Crippen LogP contribution is -2.49. The van der Waals surface area contributed by atoms with E-state index in [0.29, 0.717) is 31.4 Å². The van der Waals surface area contributed by atoms with Crippen LogP contribution in [0.3, 0.4) is 0 Å². The largest absolute Gasteiger partial charge is 0.378 e. The minimum absolute atomic E-state index is 0.0390.